The minimum absolute atomic E-state index is 0.102. The molecule has 0 radical (unpaired) electrons. The Morgan fingerprint density at radius 2 is 1.85 bits per heavy atom. The van der Waals surface area contributed by atoms with Crippen LogP contribution in [0.25, 0.3) is 0 Å². The third-order valence-electron chi connectivity index (χ3n) is 4.41. The van der Waals surface area contributed by atoms with Crippen LogP contribution in [0.1, 0.15) is 18.6 Å². The van der Waals surface area contributed by atoms with Gasteiger partial charge in [-0.25, -0.2) is 12.8 Å². The lowest BCUT2D eigenvalue weighted by Crippen LogP contribution is -2.43. The summed E-state index contributed by atoms with van der Waals surface area (Å²) in [6.07, 6.45) is 0.402. The van der Waals surface area contributed by atoms with E-state index in [1.165, 1.54) is 24.3 Å². The molecule has 0 aromatic heterocycles. The molecule has 0 spiro atoms. The highest BCUT2D eigenvalue weighted by atomic mass is 32.2. The maximum absolute atomic E-state index is 13.2. The monoisotopic (exact) mass is 394 g/mol. The van der Waals surface area contributed by atoms with E-state index in [-0.39, 0.29) is 28.6 Å². The van der Waals surface area contributed by atoms with Crippen LogP contribution in [0.3, 0.4) is 0 Å². The summed E-state index contributed by atoms with van der Waals surface area (Å²) in [4.78, 5) is 12.6. The van der Waals surface area contributed by atoms with E-state index in [2.05, 4.69) is 0 Å². The largest absolute Gasteiger partial charge is 0.367 e. The molecule has 1 aliphatic rings. The normalized spacial score (nSPS) is 20.5. The van der Waals surface area contributed by atoms with E-state index in [0.29, 0.717) is 18.8 Å². The minimum Gasteiger partial charge on any atom is -0.367 e. The average molecular weight is 394 g/mol. The van der Waals surface area contributed by atoms with Gasteiger partial charge in [0.1, 0.15) is 17.6 Å². The summed E-state index contributed by atoms with van der Waals surface area (Å²) in [5, 5.41) is 11.5. The summed E-state index contributed by atoms with van der Waals surface area (Å²) in [6, 6.07) is 9.82. The van der Waals surface area contributed by atoms with Crippen molar-refractivity contribution in [2.45, 2.75) is 24.0 Å². The zero-order valence-electron chi connectivity index (χ0n) is 14.8. The lowest BCUT2D eigenvalue weighted by Gasteiger charge is -2.38. The van der Waals surface area contributed by atoms with Crippen LogP contribution in [0, 0.1) is 15.9 Å². The van der Waals surface area contributed by atoms with Gasteiger partial charge in [-0.15, -0.1) is 0 Å². The molecule has 2 atom stereocenters. The van der Waals surface area contributed by atoms with Crippen molar-refractivity contribution in [2.75, 3.05) is 24.2 Å². The fraction of sp³-hybridized carbons (Fsp3) is 0.333. The molecular formula is C18H19FN2O5S. The number of benzene rings is 2. The van der Waals surface area contributed by atoms with Gasteiger partial charge in [0.2, 0.25) is 0 Å². The van der Waals surface area contributed by atoms with Crippen molar-refractivity contribution in [1.82, 2.24) is 0 Å². The topological polar surface area (TPSA) is 89.8 Å². The van der Waals surface area contributed by atoms with Crippen molar-refractivity contribution >= 4 is 21.2 Å². The first kappa shape index (κ1) is 19.2. The summed E-state index contributed by atoms with van der Waals surface area (Å²) in [5.74, 6) is -0.355. The molecule has 2 unspecified atom stereocenters. The van der Waals surface area contributed by atoms with E-state index in [1.54, 1.807) is 17.0 Å². The molecule has 2 aromatic rings. The molecule has 0 saturated carbocycles. The van der Waals surface area contributed by atoms with Crippen LogP contribution < -0.4 is 4.90 Å². The molecule has 0 amide bonds. The number of nitrogens with zero attached hydrogens (tertiary/aromatic N) is 2. The predicted molar refractivity (Wildman–Crippen MR) is 98.1 cm³/mol. The first-order valence-electron chi connectivity index (χ1n) is 8.29. The van der Waals surface area contributed by atoms with Gasteiger partial charge >= 0.3 is 0 Å². The maximum Gasteiger partial charge on any atom is 0.293 e. The van der Waals surface area contributed by atoms with E-state index in [4.69, 9.17) is 4.74 Å². The number of morpholine rings is 1. The van der Waals surface area contributed by atoms with E-state index in [1.807, 2.05) is 6.92 Å². The quantitative estimate of drug-likeness (QED) is 0.585. The summed E-state index contributed by atoms with van der Waals surface area (Å²) in [7, 11) is -3.56. The number of hydrogen-bond acceptors (Lipinski definition) is 6. The van der Waals surface area contributed by atoms with Crippen molar-refractivity contribution in [1.29, 1.82) is 0 Å². The van der Waals surface area contributed by atoms with Gasteiger partial charge in [-0.2, -0.15) is 0 Å². The van der Waals surface area contributed by atoms with Crippen LogP contribution in [-0.4, -0.2) is 38.8 Å². The van der Waals surface area contributed by atoms with E-state index < -0.39 is 14.8 Å². The van der Waals surface area contributed by atoms with Gasteiger partial charge < -0.3 is 9.64 Å². The Balaban J connectivity index is 1.97. The molecule has 2 aromatic carbocycles. The highest BCUT2D eigenvalue weighted by molar-refractivity contribution is 7.90. The molecule has 1 heterocycles. The second-order valence-electron chi connectivity index (χ2n) is 6.57. The van der Waals surface area contributed by atoms with Gasteiger partial charge in [0.25, 0.3) is 5.69 Å². The Morgan fingerprint density at radius 1 is 1.19 bits per heavy atom. The second-order valence-corrected chi connectivity index (χ2v) is 8.59. The summed E-state index contributed by atoms with van der Waals surface area (Å²) >= 11 is 0. The molecule has 0 aliphatic carbocycles. The number of nitro benzene ring substituents is 1. The van der Waals surface area contributed by atoms with Gasteiger partial charge in [0, 0.05) is 25.4 Å². The third kappa shape index (κ3) is 4.25. The predicted octanol–water partition coefficient (Wildman–Crippen LogP) is 3.10. The van der Waals surface area contributed by atoms with Crippen LogP contribution in [0.5, 0.6) is 0 Å². The van der Waals surface area contributed by atoms with Crippen LogP contribution in [0.4, 0.5) is 15.8 Å². The highest BCUT2D eigenvalue weighted by Crippen LogP contribution is 2.35. The summed E-state index contributed by atoms with van der Waals surface area (Å²) in [6.45, 7) is 2.59. The molecule has 144 valence electrons. The average Bonchev–Trinajstić information content (AvgIpc) is 2.60. The molecule has 3 rings (SSSR count). The first-order valence-corrected chi connectivity index (χ1v) is 10.2. The molecule has 1 aliphatic heterocycles. The molecule has 1 fully saturated rings. The molecule has 0 N–H and O–H groups in total. The van der Waals surface area contributed by atoms with Gasteiger partial charge in [-0.1, -0.05) is 12.1 Å². The minimum atomic E-state index is -3.56. The smallest absolute Gasteiger partial charge is 0.293 e. The Labute approximate surface area is 156 Å². The van der Waals surface area contributed by atoms with E-state index >= 15 is 0 Å². The highest BCUT2D eigenvalue weighted by Gasteiger charge is 2.31. The Morgan fingerprint density at radius 3 is 2.44 bits per heavy atom. The van der Waals surface area contributed by atoms with Gasteiger partial charge in [-0.05, 0) is 36.8 Å². The molecule has 9 heteroatoms. The van der Waals surface area contributed by atoms with Crippen molar-refractivity contribution < 1.29 is 22.5 Å². The third-order valence-corrected chi connectivity index (χ3v) is 5.52. The van der Waals surface area contributed by atoms with Crippen molar-refractivity contribution in [2.24, 2.45) is 0 Å². The zero-order valence-corrected chi connectivity index (χ0v) is 15.6. The molecule has 0 bridgehead atoms. The number of anilines is 1. The van der Waals surface area contributed by atoms with Crippen LogP contribution >= 0.6 is 0 Å². The zero-order chi connectivity index (χ0) is 19.8. The van der Waals surface area contributed by atoms with E-state index in [0.717, 1.165) is 17.9 Å². The molecule has 7 nitrogen and oxygen atoms in total. The second kappa shape index (κ2) is 7.24. The molecule has 1 saturated heterocycles. The van der Waals surface area contributed by atoms with Crippen molar-refractivity contribution in [3.8, 4) is 0 Å². The number of hydrogen-bond donors (Lipinski definition) is 0. The van der Waals surface area contributed by atoms with Gasteiger partial charge in [0.15, 0.2) is 9.84 Å². The number of rotatable bonds is 4. The van der Waals surface area contributed by atoms with Crippen molar-refractivity contribution in [3.63, 3.8) is 0 Å². The Kier molecular flexibility index (Phi) is 5.16. The van der Waals surface area contributed by atoms with Gasteiger partial charge in [-0.3, -0.25) is 10.1 Å². The molecular weight excluding hydrogens is 375 g/mol. The fourth-order valence-electron chi connectivity index (χ4n) is 3.16. The van der Waals surface area contributed by atoms with Crippen LogP contribution in [-0.2, 0) is 14.6 Å². The standard InChI is InChI=1S/C18H19FN2O5S/c1-12-10-20(11-18(26-12)13-3-5-14(19)6-4-13)16-8-7-15(27(2,24)25)9-17(16)21(22)23/h3-9,12,18H,10-11H2,1-2H3. The fourth-order valence-corrected chi connectivity index (χ4v) is 3.80. The summed E-state index contributed by atoms with van der Waals surface area (Å²) < 4.78 is 42.5. The molecule has 27 heavy (non-hydrogen) atoms. The lowest BCUT2D eigenvalue weighted by atomic mass is 10.1. The Bertz CT molecular complexity index is 962. The SMILES string of the molecule is CC1CN(c2ccc(S(C)(=O)=O)cc2[N+](=O)[O-])CC(c2ccc(F)cc2)O1. The number of ether oxygens (including phenoxy) is 1. The summed E-state index contributed by atoms with van der Waals surface area (Å²) in [5.41, 5.74) is 0.822. The maximum atomic E-state index is 13.2. The number of halogens is 1. The Hall–Kier alpha value is -2.52. The lowest BCUT2D eigenvalue weighted by molar-refractivity contribution is -0.384. The van der Waals surface area contributed by atoms with Crippen molar-refractivity contribution in [3.05, 3.63) is 64.0 Å². The van der Waals surface area contributed by atoms with Crippen LogP contribution in [0.15, 0.2) is 47.4 Å². The van der Waals surface area contributed by atoms with Gasteiger partial charge in [0.05, 0.1) is 15.9 Å². The number of sulfone groups is 1. The van der Waals surface area contributed by atoms with Crippen LogP contribution in [0.2, 0.25) is 0 Å². The first-order chi connectivity index (χ1) is 12.6. The van der Waals surface area contributed by atoms with E-state index in [9.17, 15) is 22.9 Å². The number of nitro groups is 1.